The molecule has 2 aromatic rings. The lowest BCUT2D eigenvalue weighted by Crippen LogP contribution is -2.24. The number of carbonyl (C=O) groups is 2. The van der Waals surface area contributed by atoms with Gasteiger partial charge in [-0.2, -0.15) is 0 Å². The molecule has 1 amide bonds. The Morgan fingerprint density at radius 2 is 1.90 bits per heavy atom. The predicted molar refractivity (Wildman–Crippen MR) is 114 cm³/mol. The molecule has 0 aliphatic rings. The summed E-state index contributed by atoms with van der Waals surface area (Å²) in [6, 6.07) is 7.78. The molecular formula is C21H22BrF2NO3S. The number of hydrogen-bond donors (Lipinski definition) is 1. The molecule has 0 saturated carbocycles. The van der Waals surface area contributed by atoms with Crippen LogP contribution in [0.2, 0.25) is 0 Å². The van der Waals surface area contributed by atoms with Crippen LogP contribution in [-0.4, -0.2) is 23.2 Å². The molecule has 156 valence electrons. The number of nitrogens with one attached hydrogen (secondary N) is 1. The molecule has 0 bridgehead atoms. The highest BCUT2D eigenvalue weighted by Gasteiger charge is 2.23. The number of ether oxygens (including phenoxy) is 1. The van der Waals surface area contributed by atoms with Crippen LogP contribution in [-0.2, 0) is 9.53 Å². The molecule has 2 unspecified atom stereocenters. The standard InChI is InChI=1S/C21H22BrF2NO3S/c1-4-12(3)28-21(27)18(5-2)29-19-11-17(16(24)10-15(19)22)25-20(26)13-7-6-8-14(23)9-13/h6-12,18H,4-5H2,1-3H3,(H,25,26). The number of amides is 1. The summed E-state index contributed by atoms with van der Waals surface area (Å²) in [6.07, 6.45) is 1.05. The molecule has 0 aromatic heterocycles. The third-order valence-electron chi connectivity index (χ3n) is 4.15. The Morgan fingerprint density at radius 1 is 1.17 bits per heavy atom. The van der Waals surface area contributed by atoms with Crippen molar-refractivity contribution in [2.45, 2.75) is 49.9 Å². The average molecular weight is 486 g/mol. The topological polar surface area (TPSA) is 55.4 Å². The smallest absolute Gasteiger partial charge is 0.319 e. The zero-order chi connectivity index (χ0) is 21.6. The zero-order valence-corrected chi connectivity index (χ0v) is 18.7. The van der Waals surface area contributed by atoms with Crippen LogP contribution in [0.15, 0.2) is 45.8 Å². The molecule has 0 aliphatic heterocycles. The molecule has 0 fully saturated rings. The first-order chi connectivity index (χ1) is 13.7. The van der Waals surface area contributed by atoms with Gasteiger partial charge in [-0.15, -0.1) is 11.8 Å². The summed E-state index contributed by atoms with van der Waals surface area (Å²) in [7, 11) is 0. The van der Waals surface area contributed by atoms with E-state index in [4.69, 9.17) is 4.74 Å². The van der Waals surface area contributed by atoms with Crippen LogP contribution in [0.4, 0.5) is 14.5 Å². The Labute approximate surface area is 181 Å². The van der Waals surface area contributed by atoms with Gasteiger partial charge in [0.15, 0.2) is 0 Å². The maximum atomic E-state index is 14.4. The largest absolute Gasteiger partial charge is 0.462 e. The van der Waals surface area contributed by atoms with Crippen molar-refractivity contribution in [1.82, 2.24) is 0 Å². The number of halogens is 3. The van der Waals surface area contributed by atoms with Gasteiger partial charge in [0.2, 0.25) is 0 Å². The van der Waals surface area contributed by atoms with Gasteiger partial charge in [0.05, 0.1) is 11.8 Å². The van der Waals surface area contributed by atoms with Crippen LogP contribution in [0.25, 0.3) is 0 Å². The summed E-state index contributed by atoms with van der Waals surface area (Å²) in [6.45, 7) is 5.61. The Hall–Kier alpha value is -1.93. The molecule has 8 heteroatoms. The van der Waals surface area contributed by atoms with E-state index < -0.39 is 22.8 Å². The minimum atomic E-state index is -0.652. The molecule has 0 heterocycles. The van der Waals surface area contributed by atoms with Gasteiger partial charge in [0, 0.05) is 14.9 Å². The third-order valence-corrected chi connectivity index (χ3v) is 6.47. The molecule has 29 heavy (non-hydrogen) atoms. The first kappa shape index (κ1) is 23.3. The Balaban J connectivity index is 2.21. The molecule has 2 aromatic carbocycles. The minimum absolute atomic E-state index is 0.0601. The number of esters is 1. The molecule has 0 radical (unpaired) electrons. The Bertz CT molecular complexity index is 894. The van der Waals surface area contributed by atoms with E-state index in [1.807, 2.05) is 20.8 Å². The highest BCUT2D eigenvalue weighted by atomic mass is 79.9. The second-order valence-corrected chi connectivity index (χ2v) is 8.50. The van der Waals surface area contributed by atoms with Gasteiger partial charge in [0.1, 0.15) is 16.9 Å². The number of hydrogen-bond acceptors (Lipinski definition) is 4. The summed E-state index contributed by atoms with van der Waals surface area (Å²) in [5, 5.41) is 1.98. The first-order valence-electron chi connectivity index (χ1n) is 9.18. The molecular weight excluding hydrogens is 464 g/mol. The number of anilines is 1. The molecule has 4 nitrogen and oxygen atoms in total. The maximum Gasteiger partial charge on any atom is 0.319 e. The van der Waals surface area contributed by atoms with Gasteiger partial charge < -0.3 is 10.1 Å². The van der Waals surface area contributed by atoms with Gasteiger partial charge in [-0.1, -0.05) is 19.9 Å². The molecule has 2 rings (SSSR count). The zero-order valence-electron chi connectivity index (χ0n) is 16.3. The van der Waals surface area contributed by atoms with Crippen molar-refractivity contribution in [2.24, 2.45) is 0 Å². The van der Waals surface area contributed by atoms with E-state index in [1.165, 1.54) is 42.1 Å². The van der Waals surface area contributed by atoms with Crippen molar-refractivity contribution in [3.8, 4) is 0 Å². The average Bonchev–Trinajstić information content (AvgIpc) is 2.68. The number of benzene rings is 2. The molecule has 0 spiro atoms. The second-order valence-electron chi connectivity index (χ2n) is 6.40. The van der Waals surface area contributed by atoms with E-state index in [9.17, 15) is 18.4 Å². The van der Waals surface area contributed by atoms with Crippen LogP contribution in [0.5, 0.6) is 0 Å². The van der Waals surface area contributed by atoms with Crippen LogP contribution in [0, 0.1) is 11.6 Å². The summed E-state index contributed by atoms with van der Waals surface area (Å²) < 4.78 is 33.5. The third kappa shape index (κ3) is 6.54. The van der Waals surface area contributed by atoms with E-state index >= 15 is 0 Å². The van der Waals surface area contributed by atoms with Gasteiger partial charge in [-0.05, 0) is 66.0 Å². The van der Waals surface area contributed by atoms with Gasteiger partial charge in [-0.3, -0.25) is 9.59 Å². The second kappa shape index (κ2) is 10.7. The highest BCUT2D eigenvalue weighted by molar-refractivity contribution is 9.10. The highest BCUT2D eigenvalue weighted by Crippen LogP contribution is 2.36. The van der Waals surface area contributed by atoms with Crippen LogP contribution < -0.4 is 5.32 Å². The van der Waals surface area contributed by atoms with E-state index in [0.717, 1.165) is 6.07 Å². The van der Waals surface area contributed by atoms with Crippen LogP contribution in [0.3, 0.4) is 0 Å². The molecule has 0 aliphatic carbocycles. The number of rotatable bonds is 8. The van der Waals surface area contributed by atoms with Crippen molar-refractivity contribution in [1.29, 1.82) is 0 Å². The van der Waals surface area contributed by atoms with Crippen molar-refractivity contribution in [3.05, 3.63) is 58.1 Å². The van der Waals surface area contributed by atoms with E-state index in [2.05, 4.69) is 21.2 Å². The minimum Gasteiger partial charge on any atom is -0.462 e. The van der Waals surface area contributed by atoms with E-state index in [0.29, 0.717) is 22.2 Å². The predicted octanol–water partition coefficient (Wildman–Crippen LogP) is 6.19. The van der Waals surface area contributed by atoms with Crippen molar-refractivity contribution < 1.29 is 23.1 Å². The molecule has 2 atom stereocenters. The molecule has 0 saturated heterocycles. The summed E-state index contributed by atoms with van der Waals surface area (Å²) in [5.41, 5.74) is 0.0141. The number of carbonyl (C=O) groups excluding carboxylic acids is 2. The lowest BCUT2D eigenvalue weighted by molar-refractivity contribution is -0.147. The Morgan fingerprint density at radius 3 is 2.52 bits per heavy atom. The fourth-order valence-electron chi connectivity index (χ4n) is 2.35. The van der Waals surface area contributed by atoms with Gasteiger partial charge in [-0.25, -0.2) is 8.78 Å². The van der Waals surface area contributed by atoms with E-state index in [1.54, 1.807) is 0 Å². The quantitative estimate of drug-likeness (QED) is 0.357. The van der Waals surface area contributed by atoms with Crippen LogP contribution >= 0.6 is 27.7 Å². The fraction of sp³-hybridized carbons (Fsp3) is 0.333. The van der Waals surface area contributed by atoms with Gasteiger partial charge in [0.25, 0.3) is 5.91 Å². The summed E-state index contributed by atoms with van der Waals surface area (Å²) in [4.78, 5) is 25.3. The fourth-order valence-corrected chi connectivity index (χ4v) is 3.93. The lowest BCUT2D eigenvalue weighted by atomic mass is 10.2. The SMILES string of the molecule is CCC(C)OC(=O)C(CC)Sc1cc(NC(=O)c2cccc(F)c2)c(F)cc1Br. The number of thioether (sulfide) groups is 1. The summed E-state index contributed by atoms with van der Waals surface area (Å²) in [5.74, 6) is -2.18. The van der Waals surface area contributed by atoms with Crippen LogP contribution in [0.1, 0.15) is 44.0 Å². The van der Waals surface area contributed by atoms with Crippen molar-refractivity contribution >= 4 is 45.3 Å². The molecule has 1 N–H and O–H groups in total. The normalized spacial score (nSPS) is 12.9. The maximum absolute atomic E-state index is 14.4. The monoisotopic (exact) mass is 485 g/mol. The lowest BCUT2D eigenvalue weighted by Gasteiger charge is -2.18. The first-order valence-corrected chi connectivity index (χ1v) is 10.9. The van der Waals surface area contributed by atoms with Crippen molar-refractivity contribution in [2.75, 3.05) is 5.32 Å². The summed E-state index contributed by atoms with van der Waals surface area (Å²) >= 11 is 4.52. The van der Waals surface area contributed by atoms with Crippen molar-refractivity contribution in [3.63, 3.8) is 0 Å². The van der Waals surface area contributed by atoms with Gasteiger partial charge >= 0.3 is 5.97 Å². The van der Waals surface area contributed by atoms with E-state index in [-0.39, 0.29) is 23.3 Å². The Kier molecular flexibility index (Phi) is 8.64.